The fourth-order valence-electron chi connectivity index (χ4n) is 8.68. The minimum atomic E-state index is -4.60. The Morgan fingerprint density at radius 1 is 0.710 bits per heavy atom. The highest BCUT2D eigenvalue weighted by molar-refractivity contribution is 5.87. The maximum Gasteiger partial charge on any atom is 0.416 e. The van der Waals surface area contributed by atoms with Crippen molar-refractivity contribution in [2.24, 2.45) is 0 Å². The molecule has 2 aliphatic heterocycles. The number of hydrogen-bond donors (Lipinski definition) is 3. The fourth-order valence-corrected chi connectivity index (χ4v) is 8.68. The van der Waals surface area contributed by atoms with Crippen molar-refractivity contribution in [1.29, 1.82) is 0 Å². The number of H-pyrrole nitrogens is 2. The monoisotopic (exact) mass is 844 g/mol. The summed E-state index contributed by atoms with van der Waals surface area (Å²) in [7, 11) is 4.50. The molecule has 0 spiro atoms. The van der Waals surface area contributed by atoms with Crippen LogP contribution < -0.4 is 5.32 Å². The van der Waals surface area contributed by atoms with E-state index in [1.165, 1.54) is 30.2 Å². The number of imidazole rings is 2. The molecule has 3 amide bonds. The van der Waals surface area contributed by atoms with Gasteiger partial charge >= 0.3 is 12.3 Å². The molecule has 2 aromatic heterocycles. The lowest BCUT2D eigenvalue weighted by molar-refractivity contribution is -0.142. The molecule has 6 aromatic rings. The van der Waals surface area contributed by atoms with E-state index < -0.39 is 41.9 Å². The van der Waals surface area contributed by atoms with Gasteiger partial charge in [0.05, 0.1) is 48.5 Å². The molecule has 1 unspecified atom stereocenters. The van der Waals surface area contributed by atoms with Crippen LogP contribution in [0.4, 0.5) is 18.0 Å². The molecule has 12 nitrogen and oxygen atoms in total. The smallest absolute Gasteiger partial charge is 0.416 e. The molecule has 15 heteroatoms. The Labute approximate surface area is 357 Å². The van der Waals surface area contributed by atoms with Crippen molar-refractivity contribution in [2.45, 2.75) is 56.0 Å². The van der Waals surface area contributed by atoms with Gasteiger partial charge in [-0.3, -0.25) is 14.5 Å². The third-order valence-electron chi connectivity index (χ3n) is 11.8. The summed E-state index contributed by atoms with van der Waals surface area (Å²) in [5.41, 5.74) is 5.18. The van der Waals surface area contributed by atoms with Crippen molar-refractivity contribution in [3.63, 3.8) is 0 Å². The molecular weight excluding hydrogens is 798 g/mol. The Morgan fingerprint density at radius 3 is 1.69 bits per heavy atom. The number of likely N-dealkylation sites (N-methyl/N-ethyl adjacent to an activating group) is 1. The zero-order valence-electron chi connectivity index (χ0n) is 34.5. The summed E-state index contributed by atoms with van der Waals surface area (Å²) in [4.78, 5) is 61.2. The van der Waals surface area contributed by atoms with Crippen LogP contribution in [0.15, 0.2) is 116 Å². The van der Waals surface area contributed by atoms with E-state index in [2.05, 4.69) is 25.3 Å². The summed E-state index contributed by atoms with van der Waals surface area (Å²) >= 11 is 0. The van der Waals surface area contributed by atoms with Crippen LogP contribution in [-0.2, 0) is 20.5 Å². The Balaban J connectivity index is 0.935. The lowest BCUT2D eigenvalue weighted by Gasteiger charge is -2.32. The van der Waals surface area contributed by atoms with Gasteiger partial charge in [0.1, 0.15) is 23.7 Å². The van der Waals surface area contributed by atoms with Crippen LogP contribution in [0, 0.1) is 0 Å². The number of hydrogen-bond acceptors (Lipinski definition) is 7. The molecule has 4 heterocycles. The van der Waals surface area contributed by atoms with Crippen LogP contribution in [0.1, 0.15) is 78.2 Å². The molecule has 0 radical (unpaired) electrons. The van der Waals surface area contributed by atoms with Crippen molar-refractivity contribution in [1.82, 2.24) is 40.0 Å². The molecule has 2 saturated heterocycles. The van der Waals surface area contributed by atoms with Gasteiger partial charge in [0.15, 0.2) is 0 Å². The zero-order chi connectivity index (χ0) is 43.5. The highest BCUT2D eigenvalue weighted by Crippen LogP contribution is 2.40. The summed E-state index contributed by atoms with van der Waals surface area (Å²) in [5, 5.41) is 2.70. The third kappa shape index (κ3) is 8.57. The summed E-state index contributed by atoms with van der Waals surface area (Å²) in [6.45, 7) is 0.950. The van der Waals surface area contributed by atoms with Gasteiger partial charge in [-0.1, -0.05) is 97.1 Å². The SMILES string of the molecule is COC(=O)N[C@@H](C(=O)N1CCC[C@H]1c1ncc(-c2ccc(-c3ccc(-c4cnc([C@@H]5CCCN5C(=O)C(c5ccccc5C(F)(F)F)N(C)C)[nH]4)cc3)cc2)[nH]1)c1ccccc1. The van der Waals surface area contributed by atoms with Crippen molar-refractivity contribution in [3.05, 3.63) is 144 Å². The van der Waals surface area contributed by atoms with Crippen LogP contribution in [0.25, 0.3) is 33.6 Å². The van der Waals surface area contributed by atoms with Gasteiger partial charge in [0.25, 0.3) is 5.91 Å². The topological polar surface area (TPSA) is 140 Å². The van der Waals surface area contributed by atoms with Crippen LogP contribution in [0.3, 0.4) is 0 Å². The summed E-state index contributed by atoms with van der Waals surface area (Å²) in [6.07, 6.45) is 1.08. The van der Waals surface area contributed by atoms with E-state index >= 15 is 0 Å². The summed E-state index contributed by atoms with van der Waals surface area (Å²) in [6, 6.07) is 27.8. The number of nitrogens with zero attached hydrogens (tertiary/aromatic N) is 5. The molecule has 8 rings (SSSR count). The van der Waals surface area contributed by atoms with Gasteiger partial charge in [-0.05, 0) is 79.2 Å². The number of carbonyl (C=O) groups excluding carboxylic acids is 3. The molecule has 2 aliphatic rings. The quantitative estimate of drug-likeness (QED) is 0.118. The van der Waals surface area contributed by atoms with E-state index in [4.69, 9.17) is 4.74 Å². The first-order valence-electron chi connectivity index (χ1n) is 20.5. The summed E-state index contributed by atoms with van der Waals surface area (Å²) in [5.74, 6) is 0.637. The predicted molar refractivity (Wildman–Crippen MR) is 227 cm³/mol. The van der Waals surface area contributed by atoms with Crippen LogP contribution >= 0.6 is 0 Å². The standard InChI is InChI=1S/C47H47F3N8O4/c1-56(2)41(34-13-7-8-14-35(34)47(48,49)50)45(60)58-26-10-16-39(58)43-52-28-37(54-43)32-23-19-30(20-24-32)29-17-21-31(22-18-29)36-27-51-42(53-36)38-15-9-25-57(38)44(59)40(55-46(61)62-3)33-11-5-4-6-12-33/h4-8,11-14,17-24,27-28,38-41H,9-10,15-16,25-26H2,1-3H3,(H,51,53)(H,52,54)(H,55,61)/t38-,39-,40+,41?/m0/s1. The van der Waals surface area contributed by atoms with Gasteiger partial charge < -0.3 is 29.8 Å². The molecule has 0 bridgehead atoms. The molecular formula is C47H47F3N8O4. The number of aromatic nitrogens is 4. The maximum atomic E-state index is 14.0. The first kappa shape index (κ1) is 42.0. The molecule has 2 fully saturated rings. The second-order valence-electron chi connectivity index (χ2n) is 15.8. The average molecular weight is 845 g/mol. The Kier molecular flexibility index (Phi) is 12.0. The molecule has 0 aliphatic carbocycles. The lowest BCUT2D eigenvalue weighted by Crippen LogP contribution is -2.42. The van der Waals surface area contributed by atoms with Crippen LogP contribution in [0.2, 0.25) is 0 Å². The number of nitrogens with one attached hydrogen (secondary N) is 3. The van der Waals surface area contributed by atoms with E-state index in [1.807, 2.05) is 66.7 Å². The highest BCUT2D eigenvalue weighted by atomic mass is 19.4. The van der Waals surface area contributed by atoms with E-state index in [-0.39, 0.29) is 17.5 Å². The average Bonchev–Trinajstić information content (AvgIpc) is 4.13. The van der Waals surface area contributed by atoms with E-state index in [9.17, 15) is 27.6 Å². The Bertz CT molecular complexity index is 2520. The van der Waals surface area contributed by atoms with Crippen molar-refractivity contribution >= 4 is 17.9 Å². The first-order valence-corrected chi connectivity index (χ1v) is 20.5. The number of halogens is 3. The van der Waals surface area contributed by atoms with Gasteiger partial charge in [0.2, 0.25) is 5.91 Å². The number of alkyl carbamates (subject to hydrolysis) is 1. The molecule has 0 saturated carbocycles. The molecule has 4 aromatic carbocycles. The second kappa shape index (κ2) is 17.7. The number of aromatic amines is 2. The van der Waals surface area contributed by atoms with E-state index in [0.29, 0.717) is 43.1 Å². The fraction of sp³-hybridized carbons (Fsp3) is 0.298. The lowest BCUT2D eigenvalue weighted by atomic mass is 9.97. The van der Waals surface area contributed by atoms with Gasteiger partial charge in [-0.2, -0.15) is 13.2 Å². The van der Waals surface area contributed by atoms with Crippen LogP contribution in [0.5, 0.6) is 0 Å². The summed E-state index contributed by atoms with van der Waals surface area (Å²) < 4.78 is 46.8. The van der Waals surface area contributed by atoms with E-state index in [0.717, 1.165) is 52.5 Å². The largest absolute Gasteiger partial charge is 0.453 e. The van der Waals surface area contributed by atoms with Gasteiger partial charge in [0, 0.05) is 13.1 Å². The van der Waals surface area contributed by atoms with E-state index in [1.54, 1.807) is 48.4 Å². The van der Waals surface area contributed by atoms with Gasteiger partial charge in [-0.15, -0.1) is 0 Å². The number of likely N-dealkylation sites (tertiary alicyclic amines) is 2. The zero-order valence-corrected chi connectivity index (χ0v) is 34.5. The molecule has 62 heavy (non-hydrogen) atoms. The Hall–Kier alpha value is -6.74. The normalized spacial score (nSPS) is 17.6. The van der Waals surface area contributed by atoms with Gasteiger partial charge in [-0.25, -0.2) is 14.8 Å². The van der Waals surface area contributed by atoms with Crippen LogP contribution in [-0.4, -0.2) is 86.8 Å². The van der Waals surface area contributed by atoms with Crippen molar-refractivity contribution < 1.29 is 32.3 Å². The number of rotatable bonds is 11. The number of carbonyl (C=O) groups is 3. The second-order valence-corrected chi connectivity index (χ2v) is 15.8. The number of benzene rings is 4. The number of alkyl halides is 3. The third-order valence-corrected chi connectivity index (χ3v) is 11.8. The molecule has 3 N–H and O–H groups in total. The predicted octanol–water partition coefficient (Wildman–Crippen LogP) is 8.88. The van der Waals surface area contributed by atoms with Crippen molar-refractivity contribution in [2.75, 3.05) is 34.3 Å². The van der Waals surface area contributed by atoms with Crippen molar-refractivity contribution in [3.8, 4) is 33.6 Å². The minimum Gasteiger partial charge on any atom is -0.453 e. The first-order chi connectivity index (χ1) is 29.9. The minimum absolute atomic E-state index is 0.0716. The number of ether oxygens (including phenoxy) is 1. The number of methoxy groups -OCH3 is 1. The molecule has 320 valence electrons. The Morgan fingerprint density at radius 2 is 1.19 bits per heavy atom. The number of amides is 3. The molecule has 4 atom stereocenters. The maximum absolute atomic E-state index is 14.0. The highest BCUT2D eigenvalue weighted by Gasteiger charge is 2.42.